The van der Waals surface area contributed by atoms with Gasteiger partial charge in [0.25, 0.3) is 0 Å². The van der Waals surface area contributed by atoms with Crippen LogP contribution in [0.15, 0.2) is 88.8 Å². The van der Waals surface area contributed by atoms with Gasteiger partial charge in [0.2, 0.25) is 0 Å². The van der Waals surface area contributed by atoms with E-state index in [1.54, 1.807) is 42.6 Å². The maximum Gasteiger partial charge on any atom is 0.337 e. The molecule has 2 N–H and O–H groups in total. The number of carboxylic acid groups (broad SMARTS) is 1. The van der Waals surface area contributed by atoms with Crippen LogP contribution >= 0.6 is 0 Å². The zero-order valence-corrected chi connectivity index (χ0v) is 17.7. The van der Waals surface area contributed by atoms with Gasteiger partial charge >= 0.3 is 5.97 Å². The average Bonchev–Trinajstić information content (AvgIpc) is 3.03. The molecule has 3 aromatic carbocycles. The molecule has 0 aliphatic heterocycles. The Bertz CT molecular complexity index is 1380. The minimum Gasteiger partial charge on any atom is -0.507 e. The number of carboxylic acids is 1. The molecular formula is C25H22N4O3. The molecule has 0 saturated heterocycles. The summed E-state index contributed by atoms with van der Waals surface area (Å²) in [6.45, 7) is 1.92. The van der Waals surface area contributed by atoms with Crippen LogP contribution in [0.1, 0.15) is 21.6 Å². The van der Waals surface area contributed by atoms with E-state index in [2.05, 4.69) is 4.99 Å². The number of hydrogen-bond acceptors (Lipinski definition) is 4. The SMILES string of the molecule is Cc1c(N=Cc2ccccc2O)c(=Nc2ccccc2C(=O)O)n(-c2ccccc2)n1C. The van der Waals surface area contributed by atoms with E-state index >= 15 is 0 Å². The Balaban J connectivity index is 2.01. The summed E-state index contributed by atoms with van der Waals surface area (Å²) >= 11 is 0. The van der Waals surface area contributed by atoms with E-state index in [4.69, 9.17) is 4.99 Å². The van der Waals surface area contributed by atoms with Gasteiger partial charge in [-0.2, -0.15) is 0 Å². The monoisotopic (exact) mass is 426 g/mol. The molecule has 32 heavy (non-hydrogen) atoms. The van der Waals surface area contributed by atoms with Gasteiger partial charge in [0, 0.05) is 18.8 Å². The Labute approximate surface area is 184 Å². The van der Waals surface area contributed by atoms with E-state index in [-0.39, 0.29) is 11.3 Å². The summed E-state index contributed by atoms with van der Waals surface area (Å²) in [6, 6.07) is 23.2. The minimum atomic E-state index is -1.05. The standard InChI is InChI=1S/C25H22N4O3/c1-17-23(26-16-18-10-6-9-15-22(18)30)24(27-21-14-8-7-13-20(21)25(31)32)29(28(17)2)19-11-4-3-5-12-19/h3-16,30H,1-2H3,(H,31,32). The molecule has 0 fully saturated rings. The number of hydrogen-bond donors (Lipinski definition) is 2. The van der Waals surface area contributed by atoms with Gasteiger partial charge in [0.15, 0.2) is 5.49 Å². The molecule has 0 unspecified atom stereocenters. The quantitative estimate of drug-likeness (QED) is 0.460. The molecule has 7 nitrogen and oxygen atoms in total. The summed E-state index contributed by atoms with van der Waals surface area (Å²) in [5.41, 5.74) is 3.73. The lowest BCUT2D eigenvalue weighted by molar-refractivity contribution is 0.0698. The Morgan fingerprint density at radius 1 is 0.938 bits per heavy atom. The molecular weight excluding hydrogens is 404 g/mol. The first-order chi connectivity index (χ1) is 15.5. The van der Waals surface area contributed by atoms with Gasteiger partial charge < -0.3 is 10.2 Å². The summed E-state index contributed by atoms with van der Waals surface area (Å²) in [5.74, 6) is -0.932. The van der Waals surface area contributed by atoms with Gasteiger partial charge in [-0.05, 0) is 43.3 Å². The highest BCUT2D eigenvalue weighted by molar-refractivity contribution is 5.93. The molecule has 1 aromatic heterocycles. The molecule has 0 bridgehead atoms. The fraction of sp³-hybridized carbons (Fsp3) is 0.0800. The molecule has 160 valence electrons. The van der Waals surface area contributed by atoms with Crippen molar-refractivity contribution in [2.45, 2.75) is 6.92 Å². The van der Waals surface area contributed by atoms with Crippen molar-refractivity contribution < 1.29 is 15.0 Å². The molecule has 0 amide bonds. The fourth-order valence-electron chi connectivity index (χ4n) is 3.42. The van der Waals surface area contributed by atoms with E-state index in [0.29, 0.717) is 22.4 Å². The van der Waals surface area contributed by atoms with Crippen molar-refractivity contribution in [3.63, 3.8) is 0 Å². The molecule has 1 heterocycles. The smallest absolute Gasteiger partial charge is 0.337 e. The number of aromatic hydroxyl groups is 1. The van der Waals surface area contributed by atoms with Crippen molar-refractivity contribution in [1.29, 1.82) is 0 Å². The molecule has 0 atom stereocenters. The van der Waals surface area contributed by atoms with Crippen LogP contribution in [-0.4, -0.2) is 31.8 Å². The first-order valence-corrected chi connectivity index (χ1v) is 10.0. The lowest BCUT2D eigenvalue weighted by Gasteiger charge is -2.09. The third-order valence-corrected chi connectivity index (χ3v) is 5.17. The third-order valence-electron chi connectivity index (χ3n) is 5.17. The van der Waals surface area contributed by atoms with E-state index in [1.165, 1.54) is 6.07 Å². The molecule has 0 radical (unpaired) electrons. The number of phenols is 1. The first kappa shape index (κ1) is 20.9. The van der Waals surface area contributed by atoms with Crippen LogP contribution in [0.2, 0.25) is 0 Å². The van der Waals surface area contributed by atoms with Crippen molar-refractivity contribution in [2.24, 2.45) is 17.0 Å². The normalized spacial score (nSPS) is 11.9. The van der Waals surface area contributed by atoms with E-state index in [1.807, 2.05) is 59.7 Å². The largest absolute Gasteiger partial charge is 0.507 e. The average molecular weight is 426 g/mol. The molecule has 0 aliphatic carbocycles. The lowest BCUT2D eigenvalue weighted by atomic mass is 10.2. The highest BCUT2D eigenvalue weighted by Gasteiger charge is 2.16. The van der Waals surface area contributed by atoms with E-state index in [9.17, 15) is 15.0 Å². The van der Waals surface area contributed by atoms with Crippen molar-refractivity contribution in [1.82, 2.24) is 9.36 Å². The lowest BCUT2D eigenvalue weighted by Crippen LogP contribution is -2.21. The van der Waals surface area contributed by atoms with Gasteiger partial charge in [0.05, 0.1) is 22.6 Å². The first-order valence-electron chi connectivity index (χ1n) is 10.0. The number of nitrogens with zero attached hydrogens (tertiary/aromatic N) is 4. The molecule has 7 heteroatoms. The number of aromatic nitrogens is 2. The molecule has 0 spiro atoms. The van der Waals surface area contributed by atoms with Crippen molar-refractivity contribution in [3.05, 3.63) is 101 Å². The highest BCUT2D eigenvalue weighted by atomic mass is 16.4. The Hall–Kier alpha value is -4.39. The van der Waals surface area contributed by atoms with Gasteiger partial charge in [-0.3, -0.25) is 9.67 Å². The van der Waals surface area contributed by atoms with Crippen LogP contribution < -0.4 is 5.49 Å². The molecule has 4 aromatic rings. The summed E-state index contributed by atoms with van der Waals surface area (Å²) in [6.07, 6.45) is 1.58. The summed E-state index contributed by atoms with van der Waals surface area (Å²) in [4.78, 5) is 21.1. The van der Waals surface area contributed by atoms with Gasteiger partial charge in [-0.15, -0.1) is 0 Å². The fourth-order valence-corrected chi connectivity index (χ4v) is 3.42. The Kier molecular flexibility index (Phi) is 5.72. The summed E-state index contributed by atoms with van der Waals surface area (Å²) < 4.78 is 3.79. The zero-order chi connectivity index (χ0) is 22.7. The number of benzene rings is 3. The molecule has 0 saturated carbocycles. The van der Waals surface area contributed by atoms with E-state index < -0.39 is 5.97 Å². The molecule has 0 aliphatic rings. The van der Waals surface area contributed by atoms with Crippen LogP contribution in [0.25, 0.3) is 5.69 Å². The summed E-state index contributed by atoms with van der Waals surface area (Å²) in [7, 11) is 1.89. The second-order valence-corrected chi connectivity index (χ2v) is 7.18. The van der Waals surface area contributed by atoms with Gasteiger partial charge in [-0.1, -0.05) is 42.5 Å². The number of rotatable bonds is 5. The number of aromatic carboxylic acids is 1. The van der Waals surface area contributed by atoms with Crippen LogP contribution in [-0.2, 0) is 7.05 Å². The second-order valence-electron chi connectivity index (χ2n) is 7.18. The number of aliphatic imine (C=N–C) groups is 1. The second kappa shape index (κ2) is 8.77. The maximum absolute atomic E-state index is 11.7. The number of phenolic OH excluding ortho intramolecular Hbond substituents is 1. The zero-order valence-electron chi connectivity index (χ0n) is 17.7. The van der Waals surface area contributed by atoms with Gasteiger partial charge in [0.1, 0.15) is 11.4 Å². The van der Waals surface area contributed by atoms with Crippen molar-refractivity contribution in [3.8, 4) is 11.4 Å². The summed E-state index contributed by atoms with van der Waals surface area (Å²) in [5, 5.41) is 19.7. The maximum atomic E-state index is 11.7. The highest BCUT2D eigenvalue weighted by Crippen LogP contribution is 2.23. The van der Waals surface area contributed by atoms with E-state index in [0.717, 1.165) is 11.4 Å². The van der Waals surface area contributed by atoms with Crippen molar-refractivity contribution >= 4 is 23.6 Å². The van der Waals surface area contributed by atoms with Gasteiger partial charge in [-0.25, -0.2) is 14.5 Å². The minimum absolute atomic E-state index is 0.101. The Morgan fingerprint density at radius 3 is 2.31 bits per heavy atom. The van der Waals surface area contributed by atoms with Crippen molar-refractivity contribution in [2.75, 3.05) is 0 Å². The predicted molar refractivity (Wildman–Crippen MR) is 123 cm³/mol. The van der Waals surface area contributed by atoms with Crippen LogP contribution in [0.3, 0.4) is 0 Å². The van der Waals surface area contributed by atoms with Crippen LogP contribution in [0, 0.1) is 6.92 Å². The third kappa shape index (κ3) is 3.96. The number of carbonyl (C=O) groups is 1. The predicted octanol–water partition coefficient (Wildman–Crippen LogP) is 4.51. The molecule has 4 rings (SSSR count). The Morgan fingerprint density at radius 2 is 1.59 bits per heavy atom. The number of para-hydroxylation sites is 3. The topological polar surface area (TPSA) is 92.1 Å². The van der Waals surface area contributed by atoms with Crippen LogP contribution in [0.4, 0.5) is 11.4 Å². The van der Waals surface area contributed by atoms with Crippen LogP contribution in [0.5, 0.6) is 5.75 Å².